The number of carbonyl (C=O) groups excluding carboxylic acids is 1. The van der Waals surface area contributed by atoms with Crippen LogP contribution >= 0.6 is 0 Å². The lowest BCUT2D eigenvalue weighted by Crippen LogP contribution is -2.45. The maximum atomic E-state index is 12.5. The lowest BCUT2D eigenvalue weighted by molar-refractivity contribution is -0.123. The molecule has 73 heavy (non-hydrogen) atoms. The number of aliphatic hydroxyl groups is 2. The van der Waals surface area contributed by atoms with Gasteiger partial charge < -0.3 is 15.5 Å². The Morgan fingerprint density at radius 1 is 0.315 bits per heavy atom. The molecule has 0 bridgehead atoms. The van der Waals surface area contributed by atoms with Gasteiger partial charge in [-0.1, -0.05) is 378 Å². The van der Waals surface area contributed by atoms with Crippen LogP contribution in [-0.2, 0) is 4.79 Å². The zero-order valence-electron chi connectivity index (χ0n) is 50.2. The lowest BCUT2D eigenvalue weighted by atomic mass is 10.0. The highest BCUT2D eigenvalue weighted by molar-refractivity contribution is 5.76. The molecular formula is C69H135NO3. The SMILES string of the molecule is CCCCCCCCCCCCCCCCC/C=C/CC/C=C/C(O)C(CO)NC(=O)CCCCCCCCCCCCCCCCCCCCCCCCCCCCCCCCCCCCCCCCCC. The van der Waals surface area contributed by atoms with E-state index >= 15 is 0 Å². The van der Waals surface area contributed by atoms with Gasteiger partial charge in [0.25, 0.3) is 0 Å². The molecule has 0 spiro atoms. The normalized spacial score (nSPS) is 12.8. The molecule has 1 amide bonds. The van der Waals surface area contributed by atoms with Crippen LogP contribution in [0.3, 0.4) is 0 Å². The third-order valence-corrected chi connectivity index (χ3v) is 16.2. The van der Waals surface area contributed by atoms with Crippen LogP contribution in [0.1, 0.15) is 393 Å². The Labute approximate surface area is 459 Å². The highest BCUT2D eigenvalue weighted by atomic mass is 16.3. The molecule has 4 heteroatoms. The van der Waals surface area contributed by atoms with Gasteiger partial charge in [-0.2, -0.15) is 0 Å². The predicted octanol–water partition coefficient (Wildman–Crippen LogP) is 23.0. The molecule has 0 saturated heterocycles. The van der Waals surface area contributed by atoms with Crippen molar-refractivity contribution in [2.45, 2.75) is 405 Å². The molecule has 0 fully saturated rings. The van der Waals surface area contributed by atoms with E-state index in [1.165, 1.54) is 340 Å². The topological polar surface area (TPSA) is 69.6 Å². The van der Waals surface area contributed by atoms with E-state index in [2.05, 4.69) is 31.3 Å². The van der Waals surface area contributed by atoms with Crippen LogP contribution in [0.15, 0.2) is 24.3 Å². The third kappa shape index (κ3) is 61.6. The van der Waals surface area contributed by atoms with Crippen molar-refractivity contribution in [3.05, 3.63) is 24.3 Å². The summed E-state index contributed by atoms with van der Waals surface area (Å²) < 4.78 is 0. The van der Waals surface area contributed by atoms with Crippen molar-refractivity contribution in [2.75, 3.05) is 6.61 Å². The fourth-order valence-electron chi connectivity index (χ4n) is 11.0. The van der Waals surface area contributed by atoms with Gasteiger partial charge in [-0.15, -0.1) is 0 Å². The second kappa shape index (κ2) is 65.2. The Morgan fingerprint density at radius 3 is 0.795 bits per heavy atom. The standard InChI is InChI=1S/C69H135NO3/c1-3-5-7-9-11-13-15-17-19-21-23-25-26-27-28-29-30-31-32-33-34-35-36-37-38-39-40-41-42-43-45-47-49-51-53-55-57-59-61-63-65-69(73)70-67(66-71)68(72)64-62-60-58-56-54-52-50-48-46-44-24-22-20-18-16-14-12-10-8-6-4-2/h54,56,62,64,67-68,71-72H,3-53,55,57-61,63,65-66H2,1-2H3,(H,70,73)/b56-54+,64-62+. The van der Waals surface area contributed by atoms with Crippen LogP contribution in [0.2, 0.25) is 0 Å². The van der Waals surface area contributed by atoms with E-state index in [0.29, 0.717) is 6.42 Å². The number of rotatable bonds is 64. The van der Waals surface area contributed by atoms with Crippen molar-refractivity contribution in [3.63, 3.8) is 0 Å². The summed E-state index contributed by atoms with van der Waals surface area (Å²) in [4.78, 5) is 12.5. The first kappa shape index (κ1) is 71.9. The van der Waals surface area contributed by atoms with Crippen LogP contribution in [0.4, 0.5) is 0 Å². The highest BCUT2D eigenvalue weighted by Gasteiger charge is 2.18. The quantitative estimate of drug-likeness (QED) is 0.0420. The lowest BCUT2D eigenvalue weighted by Gasteiger charge is -2.19. The monoisotopic (exact) mass is 1030 g/mol. The van der Waals surface area contributed by atoms with Crippen molar-refractivity contribution in [3.8, 4) is 0 Å². The Bertz CT molecular complexity index is 1070. The molecule has 0 aromatic rings. The van der Waals surface area contributed by atoms with Gasteiger partial charge >= 0.3 is 0 Å². The number of hydrogen-bond donors (Lipinski definition) is 3. The van der Waals surface area contributed by atoms with E-state index in [-0.39, 0.29) is 12.5 Å². The molecule has 0 aliphatic rings. The van der Waals surface area contributed by atoms with Gasteiger partial charge in [0.2, 0.25) is 5.91 Å². The first-order valence-electron chi connectivity index (χ1n) is 34.1. The minimum absolute atomic E-state index is 0.0649. The zero-order chi connectivity index (χ0) is 52.7. The number of allylic oxidation sites excluding steroid dienone is 3. The first-order chi connectivity index (χ1) is 36.2. The summed E-state index contributed by atoms with van der Waals surface area (Å²) in [6.07, 6.45) is 88.5. The fourth-order valence-corrected chi connectivity index (χ4v) is 11.0. The van der Waals surface area contributed by atoms with Crippen molar-refractivity contribution in [1.29, 1.82) is 0 Å². The Hall–Kier alpha value is -1.13. The largest absolute Gasteiger partial charge is 0.394 e. The molecule has 2 unspecified atom stereocenters. The van der Waals surface area contributed by atoms with Gasteiger partial charge in [-0.3, -0.25) is 4.79 Å². The molecule has 4 nitrogen and oxygen atoms in total. The smallest absolute Gasteiger partial charge is 0.220 e. The number of carbonyl (C=O) groups is 1. The molecule has 0 aromatic heterocycles. The van der Waals surface area contributed by atoms with Crippen molar-refractivity contribution in [2.24, 2.45) is 0 Å². The zero-order valence-corrected chi connectivity index (χ0v) is 50.2. The molecule has 0 aliphatic heterocycles. The predicted molar refractivity (Wildman–Crippen MR) is 327 cm³/mol. The van der Waals surface area contributed by atoms with E-state index in [0.717, 1.165) is 32.1 Å². The molecule has 0 aromatic carbocycles. The molecule has 0 rings (SSSR count). The fraction of sp³-hybridized carbons (Fsp3) is 0.928. The minimum Gasteiger partial charge on any atom is -0.394 e. The van der Waals surface area contributed by atoms with Crippen LogP contribution in [-0.4, -0.2) is 34.9 Å². The van der Waals surface area contributed by atoms with Gasteiger partial charge in [-0.05, 0) is 32.1 Å². The summed E-state index contributed by atoms with van der Waals surface area (Å²) >= 11 is 0. The summed E-state index contributed by atoms with van der Waals surface area (Å²) in [6.45, 7) is 4.35. The van der Waals surface area contributed by atoms with E-state index < -0.39 is 12.1 Å². The first-order valence-corrected chi connectivity index (χ1v) is 34.1. The number of hydrogen-bond acceptors (Lipinski definition) is 3. The van der Waals surface area contributed by atoms with Crippen LogP contribution in [0.25, 0.3) is 0 Å². The minimum atomic E-state index is -0.860. The summed E-state index contributed by atoms with van der Waals surface area (Å²) in [6, 6.07) is -0.637. The van der Waals surface area contributed by atoms with E-state index in [4.69, 9.17) is 0 Å². The van der Waals surface area contributed by atoms with Gasteiger partial charge in [0.15, 0.2) is 0 Å². The maximum absolute atomic E-state index is 12.5. The summed E-state index contributed by atoms with van der Waals surface area (Å²) in [5.41, 5.74) is 0. The summed E-state index contributed by atoms with van der Waals surface area (Å²) in [7, 11) is 0. The van der Waals surface area contributed by atoms with E-state index in [9.17, 15) is 15.0 Å². The number of amides is 1. The summed E-state index contributed by atoms with van der Waals surface area (Å²) in [5.74, 6) is -0.0649. The number of aliphatic hydroxyl groups excluding tert-OH is 2. The Balaban J connectivity index is 3.38. The average Bonchev–Trinajstić information content (AvgIpc) is 3.40. The number of unbranched alkanes of at least 4 members (excludes halogenated alkanes) is 55. The Kier molecular flexibility index (Phi) is 64.1. The third-order valence-electron chi connectivity index (χ3n) is 16.2. The van der Waals surface area contributed by atoms with Crippen LogP contribution in [0.5, 0.6) is 0 Å². The Morgan fingerprint density at radius 2 is 0.534 bits per heavy atom. The number of nitrogens with one attached hydrogen (secondary N) is 1. The van der Waals surface area contributed by atoms with Crippen LogP contribution in [0, 0.1) is 0 Å². The van der Waals surface area contributed by atoms with E-state index in [1.54, 1.807) is 6.08 Å². The molecular weight excluding hydrogens is 891 g/mol. The van der Waals surface area contributed by atoms with Crippen molar-refractivity contribution < 1.29 is 15.0 Å². The highest BCUT2D eigenvalue weighted by Crippen LogP contribution is 2.19. The van der Waals surface area contributed by atoms with Crippen molar-refractivity contribution in [1.82, 2.24) is 5.32 Å². The second-order valence-electron chi connectivity index (χ2n) is 23.6. The van der Waals surface area contributed by atoms with Gasteiger partial charge in [-0.25, -0.2) is 0 Å². The van der Waals surface area contributed by atoms with Gasteiger partial charge in [0, 0.05) is 6.42 Å². The van der Waals surface area contributed by atoms with Crippen molar-refractivity contribution >= 4 is 5.91 Å². The molecule has 434 valence electrons. The summed E-state index contributed by atoms with van der Waals surface area (Å²) in [5, 5.41) is 23.2. The molecule has 0 saturated carbocycles. The van der Waals surface area contributed by atoms with Crippen LogP contribution < -0.4 is 5.32 Å². The maximum Gasteiger partial charge on any atom is 0.220 e. The molecule has 0 aliphatic carbocycles. The van der Waals surface area contributed by atoms with Gasteiger partial charge in [0.05, 0.1) is 18.8 Å². The molecule has 2 atom stereocenters. The van der Waals surface area contributed by atoms with E-state index in [1.807, 2.05) is 6.08 Å². The van der Waals surface area contributed by atoms with Gasteiger partial charge in [0.1, 0.15) is 0 Å². The molecule has 3 N–H and O–H groups in total. The molecule has 0 radical (unpaired) electrons. The average molecular weight is 1030 g/mol. The second-order valence-corrected chi connectivity index (χ2v) is 23.6. The molecule has 0 heterocycles.